The Labute approximate surface area is 85.3 Å². The van der Waals surface area contributed by atoms with Crippen LogP contribution in [-0.2, 0) is 0 Å². The van der Waals surface area contributed by atoms with Gasteiger partial charge in [-0.2, -0.15) is 0 Å². The Balaban J connectivity index is 3.48. The van der Waals surface area contributed by atoms with Crippen molar-refractivity contribution in [1.82, 2.24) is 0 Å². The van der Waals surface area contributed by atoms with Crippen LogP contribution in [0.1, 0.15) is 20.7 Å². The van der Waals surface area contributed by atoms with Gasteiger partial charge in [0.25, 0.3) is 0 Å². The van der Waals surface area contributed by atoms with Crippen LogP contribution in [0.2, 0.25) is 0 Å². The van der Waals surface area contributed by atoms with Crippen molar-refractivity contribution in [1.29, 1.82) is 0 Å². The second-order valence-electron chi connectivity index (χ2n) is 2.60. The topological polar surface area (TPSA) is 115 Å². The Morgan fingerprint density at radius 2 is 1.67 bits per heavy atom. The molecule has 4 N–H and O–H groups in total. The Kier molecular flexibility index (Phi) is 3.36. The van der Waals surface area contributed by atoms with Gasteiger partial charge in [0.2, 0.25) is 8.38 Å². The van der Waals surface area contributed by atoms with E-state index in [9.17, 15) is 9.59 Å². The van der Waals surface area contributed by atoms with Crippen LogP contribution in [0, 0.1) is 0 Å². The highest BCUT2D eigenvalue weighted by Gasteiger charge is 2.23. The second-order valence-corrected chi connectivity index (χ2v) is 3.66. The third-order valence-corrected chi connectivity index (χ3v) is 2.51. The van der Waals surface area contributed by atoms with Crippen molar-refractivity contribution in [3.8, 4) is 0 Å². The minimum atomic E-state index is -2.63. The molecule has 0 bridgehead atoms. The lowest BCUT2D eigenvalue weighted by Gasteiger charge is -2.08. The number of carboxylic acid groups (broad SMARTS) is 2. The summed E-state index contributed by atoms with van der Waals surface area (Å²) in [6.07, 6.45) is 0. The molecular formula is C8H7O6P. The van der Waals surface area contributed by atoms with E-state index in [2.05, 4.69) is 0 Å². The van der Waals surface area contributed by atoms with Gasteiger partial charge in [-0.05, 0) is 12.1 Å². The van der Waals surface area contributed by atoms with Crippen LogP contribution in [0.4, 0.5) is 0 Å². The molecule has 0 aromatic heterocycles. The van der Waals surface area contributed by atoms with Crippen molar-refractivity contribution in [3.63, 3.8) is 0 Å². The molecule has 1 rings (SSSR count). The van der Waals surface area contributed by atoms with Crippen molar-refractivity contribution >= 4 is 25.6 Å². The zero-order valence-corrected chi connectivity index (χ0v) is 8.18. The van der Waals surface area contributed by atoms with Gasteiger partial charge in [0, 0.05) is 5.30 Å². The molecule has 0 fully saturated rings. The van der Waals surface area contributed by atoms with E-state index >= 15 is 0 Å². The fraction of sp³-hybridized carbons (Fsp3) is 0. The van der Waals surface area contributed by atoms with Gasteiger partial charge in [0.1, 0.15) is 0 Å². The van der Waals surface area contributed by atoms with Crippen LogP contribution in [-0.4, -0.2) is 31.9 Å². The van der Waals surface area contributed by atoms with Crippen molar-refractivity contribution in [2.45, 2.75) is 0 Å². The lowest BCUT2D eigenvalue weighted by atomic mass is 10.1. The van der Waals surface area contributed by atoms with E-state index in [-0.39, 0.29) is 5.30 Å². The van der Waals surface area contributed by atoms with Crippen LogP contribution in [0.5, 0.6) is 0 Å². The molecule has 7 heteroatoms. The largest absolute Gasteiger partial charge is 0.478 e. The molecule has 1 aromatic rings. The van der Waals surface area contributed by atoms with Crippen molar-refractivity contribution in [2.24, 2.45) is 0 Å². The Morgan fingerprint density at radius 1 is 1.07 bits per heavy atom. The predicted octanol–water partition coefficient (Wildman–Crippen LogP) is 0.00480. The third kappa shape index (κ3) is 2.30. The molecule has 6 nitrogen and oxygen atoms in total. The molecule has 0 radical (unpaired) electrons. The molecule has 0 saturated carbocycles. The number of carbonyl (C=O) groups is 2. The van der Waals surface area contributed by atoms with Crippen LogP contribution in [0.3, 0.4) is 0 Å². The maximum absolute atomic E-state index is 10.8. The van der Waals surface area contributed by atoms with E-state index in [4.69, 9.17) is 20.0 Å². The first-order valence-electron chi connectivity index (χ1n) is 3.72. The average Bonchev–Trinajstić information content (AvgIpc) is 2.16. The van der Waals surface area contributed by atoms with E-state index in [1.54, 1.807) is 0 Å². The van der Waals surface area contributed by atoms with Crippen LogP contribution >= 0.6 is 8.38 Å². The van der Waals surface area contributed by atoms with Gasteiger partial charge in [-0.15, -0.1) is 0 Å². The zero-order chi connectivity index (χ0) is 11.6. The van der Waals surface area contributed by atoms with Crippen LogP contribution in [0.25, 0.3) is 0 Å². The molecule has 0 aliphatic heterocycles. The summed E-state index contributed by atoms with van der Waals surface area (Å²) >= 11 is 0. The summed E-state index contributed by atoms with van der Waals surface area (Å²) in [6, 6.07) is 3.52. The summed E-state index contributed by atoms with van der Waals surface area (Å²) in [5.41, 5.74) is -1.04. The maximum Gasteiger partial charge on any atom is 0.337 e. The van der Waals surface area contributed by atoms with E-state index in [1.807, 2.05) is 0 Å². The molecule has 0 heterocycles. The first-order valence-corrected chi connectivity index (χ1v) is 4.97. The summed E-state index contributed by atoms with van der Waals surface area (Å²) in [7, 11) is -2.63. The van der Waals surface area contributed by atoms with Gasteiger partial charge in [0.15, 0.2) is 0 Å². The average molecular weight is 230 g/mol. The molecule has 0 aliphatic carbocycles. The minimum absolute atomic E-state index is 0.280. The van der Waals surface area contributed by atoms with E-state index in [1.165, 1.54) is 12.1 Å². The van der Waals surface area contributed by atoms with E-state index in [0.29, 0.717) is 0 Å². The fourth-order valence-electron chi connectivity index (χ4n) is 1.11. The van der Waals surface area contributed by atoms with E-state index < -0.39 is 31.4 Å². The zero-order valence-electron chi connectivity index (χ0n) is 7.28. The number of hydrogen-bond donors (Lipinski definition) is 4. The van der Waals surface area contributed by atoms with Crippen LogP contribution in [0.15, 0.2) is 18.2 Å². The van der Waals surface area contributed by atoms with Gasteiger partial charge >= 0.3 is 11.9 Å². The molecule has 1 aromatic carbocycles. The van der Waals surface area contributed by atoms with Gasteiger partial charge in [-0.25, -0.2) is 9.59 Å². The van der Waals surface area contributed by atoms with E-state index in [0.717, 1.165) is 6.07 Å². The molecule has 0 aliphatic rings. The smallest absolute Gasteiger partial charge is 0.337 e. The summed E-state index contributed by atoms with van der Waals surface area (Å²) in [6.45, 7) is 0. The molecule has 0 atom stereocenters. The molecule has 15 heavy (non-hydrogen) atoms. The first kappa shape index (κ1) is 11.6. The van der Waals surface area contributed by atoms with Gasteiger partial charge in [-0.3, -0.25) is 0 Å². The number of rotatable bonds is 3. The second kappa shape index (κ2) is 4.35. The number of aromatic carboxylic acids is 2. The molecule has 0 saturated heterocycles. The van der Waals surface area contributed by atoms with Gasteiger partial charge in [0.05, 0.1) is 11.1 Å². The minimum Gasteiger partial charge on any atom is -0.478 e. The molecule has 0 unspecified atom stereocenters. The van der Waals surface area contributed by atoms with Gasteiger partial charge < -0.3 is 20.0 Å². The summed E-state index contributed by atoms with van der Waals surface area (Å²) in [5, 5.41) is 17.2. The molecule has 0 spiro atoms. The van der Waals surface area contributed by atoms with Gasteiger partial charge in [-0.1, -0.05) is 6.07 Å². The molecule has 80 valence electrons. The fourth-order valence-corrected chi connectivity index (χ4v) is 1.75. The summed E-state index contributed by atoms with van der Waals surface area (Å²) < 4.78 is 0. The first-order chi connectivity index (χ1) is 6.95. The number of hydrogen-bond acceptors (Lipinski definition) is 4. The summed E-state index contributed by atoms with van der Waals surface area (Å²) in [5.74, 6) is -2.93. The van der Waals surface area contributed by atoms with Crippen molar-refractivity contribution < 1.29 is 29.6 Å². The summed E-state index contributed by atoms with van der Waals surface area (Å²) in [4.78, 5) is 39.3. The molecular weight excluding hydrogens is 223 g/mol. The standard InChI is InChI=1S/C8H7O6P/c9-7(10)4-2-1-3-5(15(13)14)6(4)8(11)12/h1-3,13-14H,(H,9,10)(H,11,12). The van der Waals surface area contributed by atoms with Crippen LogP contribution < -0.4 is 5.30 Å². The Morgan fingerprint density at radius 3 is 2.07 bits per heavy atom. The quantitative estimate of drug-likeness (QED) is 0.543. The number of benzene rings is 1. The number of carboxylic acids is 2. The SMILES string of the molecule is O=C(O)c1cccc(P(O)O)c1C(=O)O. The monoisotopic (exact) mass is 230 g/mol. The predicted molar refractivity (Wildman–Crippen MR) is 51.4 cm³/mol. The van der Waals surface area contributed by atoms with Crippen molar-refractivity contribution in [2.75, 3.05) is 0 Å². The highest BCUT2D eigenvalue weighted by molar-refractivity contribution is 7.54. The Bertz CT molecular complexity index is 414. The van der Waals surface area contributed by atoms with Crippen molar-refractivity contribution in [3.05, 3.63) is 29.3 Å². The highest BCUT2D eigenvalue weighted by atomic mass is 31.2. The normalized spacial score (nSPS) is 10.3. The molecule has 0 amide bonds. The highest BCUT2D eigenvalue weighted by Crippen LogP contribution is 2.25. The lowest BCUT2D eigenvalue weighted by Crippen LogP contribution is -2.19. The Hall–Kier alpha value is -1.49. The lowest BCUT2D eigenvalue weighted by molar-refractivity contribution is 0.0652. The maximum atomic E-state index is 10.8. The third-order valence-electron chi connectivity index (χ3n) is 1.70.